The Balaban J connectivity index is 2.08. The Hall–Kier alpha value is -1.72. The third kappa shape index (κ3) is 1.95. The number of hydrogen-bond acceptors (Lipinski definition) is 4. The van der Waals surface area contributed by atoms with Gasteiger partial charge in [-0.1, -0.05) is 0 Å². The topological polar surface area (TPSA) is 76.1 Å². The van der Waals surface area contributed by atoms with Crippen molar-refractivity contribution < 1.29 is 24.2 Å². The summed E-state index contributed by atoms with van der Waals surface area (Å²) in [6.45, 7) is 1.19. The predicted molar refractivity (Wildman–Crippen MR) is 52.4 cm³/mol. The zero-order valence-corrected chi connectivity index (χ0v) is 8.72. The maximum atomic E-state index is 11.9. The smallest absolute Gasteiger partial charge is 0.326 e. The Morgan fingerprint density at radius 3 is 2.88 bits per heavy atom. The third-order valence-electron chi connectivity index (χ3n) is 2.66. The van der Waals surface area contributed by atoms with Crippen molar-refractivity contribution in [1.82, 2.24) is 4.90 Å². The maximum Gasteiger partial charge on any atom is 0.326 e. The second-order valence-electron chi connectivity index (χ2n) is 3.70. The van der Waals surface area contributed by atoms with E-state index < -0.39 is 17.9 Å². The molecule has 2 rings (SSSR count). The molecule has 1 fully saturated rings. The number of likely N-dealkylation sites (tertiary alicyclic amines) is 1. The monoisotopic (exact) mass is 227 g/mol. The number of carbonyl (C=O) groups excluding carboxylic acids is 1. The second-order valence-corrected chi connectivity index (χ2v) is 3.70. The molecule has 1 saturated heterocycles. The SMILES string of the molecule is O=C(O)[C@@H]1CCCN1C(=O)C1=COCCO1. The van der Waals surface area contributed by atoms with E-state index in [0.29, 0.717) is 32.6 Å². The Morgan fingerprint density at radius 1 is 1.44 bits per heavy atom. The summed E-state index contributed by atoms with van der Waals surface area (Å²) in [6.07, 6.45) is 2.45. The highest BCUT2D eigenvalue weighted by molar-refractivity contribution is 5.94. The molecule has 0 aromatic heterocycles. The van der Waals surface area contributed by atoms with Gasteiger partial charge >= 0.3 is 5.97 Å². The molecule has 0 spiro atoms. The van der Waals surface area contributed by atoms with E-state index in [0.717, 1.165) is 0 Å². The Labute approximate surface area is 92.4 Å². The molecule has 0 saturated carbocycles. The van der Waals surface area contributed by atoms with Gasteiger partial charge in [-0.2, -0.15) is 0 Å². The van der Waals surface area contributed by atoms with Gasteiger partial charge in [0.05, 0.1) is 0 Å². The molecule has 0 aromatic carbocycles. The van der Waals surface area contributed by atoms with E-state index in [1.807, 2.05) is 0 Å². The van der Waals surface area contributed by atoms with Crippen molar-refractivity contribution in [3.05, 3.63) is 12.0 Å². The van der Waals surface area contributed by atoms with Crippen molar-refractivity contribution in [2.24, 2.45) is 0 Å². The van der Waals surface area contributed by atoms with Crippen LogP contribution in [0.4, 0.5) is 0 Å². The molecule has 2 aliphatic heterocycles. The molecule has 0 unspecified atom stereocenters. The summed E-state index contributed by atoms with van der Waals surface area (Å²) in [5.41, 5.74) is 0. The van der Waals surface area contributed by atoms with E-state index in [1.54, 1.807) is 0 Å². The van der Waals surface area contributed by atoms with Crippen LogP contribution in [0.3, 0.4) is 0 Å². The molecule has 0 aliphatic carbocycles. The van der Waals surface area contributed by atoms with Gasteiger partial charge in [0.2, 0.25) is 5.76 Å². The quantitative estimate of drug-likeness (QED) is 0.715. The summed E-state index contributed by atoms with van der Waals surface area (Å²) >= 11 is 0. The van der Waals surface area contributed by atoms with E-state index in [1.165, 1.54) is 11.2 Å². The zero-order valence-electron chi connectivity index (χ0n) is 8.72. The van der Waals surface area contributed by atoms with Gasteiger partial charge in [0.15, 0.2) is 0 Å². The predicted octanol–water partition coefficient (Wildman–Crippen LogP) is -0.0498. The number of nitrogens with zero attached hydrogens (tertiary/aromatic N) is 1. The van der Waals surface area contributed by atoms with Crippen molar-refractivity contribution >= 4 is 11.9 Å². The van der Waals surface area contributed by atoms with Gasteiger partial charge in [0.1, 0.15) is 25.5 Å². The highest BCUT2D eigenvalue weighted by atomic mass is 16.6. The fourth-order valence-electron chi connectivity index (χ4n) is 1.89. The first-order chi connectivity index (χ1) is 7.70. The molecule has 88 valence electrons. The molecule has 1 N–H and O–H groups in total. The maximum absolute atomic E-state index is 11.9. The molecule has 1 amide bonds. The Kier molecular flexibility index (Phi) is 2.98. The van der Waals surface area contributed by atoms with Gasteiger partial charge < -0.3 is 19.5 Å². The molecule has 0 radical (unpaired) electrons. The molecule has 16 heavy (non-hydrogen) atoms. The van der Waals surface area contributed by atoms with Crippen molar-refractivity contribution in [1.29, 1.82) is 0 Å². The lowest BCUT2D eigenvalue weighted by molar-refractivity contribution is -0.148. The van der Waals surface area contributed by atoms with Crippen molar-refractivity contribution in [3.63, 3.8) is 0 Å². The van der Waals surface area contributed by atoms with Gasteiger partial charge in [-0.25, -0.2) is 4.79 Å². The van der Waals surface area contributed by atoms with Crippen LogP contribution in [0, 0.1) is 0 Å². The number of carboxylic acid groups (broad SMARTS) is 1. The van der Waals surface area contributed by atoms with Crippen LogP contribution in [0.5, 0.6) is 0 Å². The van der Waals surface area contributed by atoms with Crippen LogP contribution in [0.2, 0.25) is 0 Å². The molecule has 2 heterocycles. The lowest BCUT2D eigenvalue weighted by Gasteiger charge is -2.23. The van der Waals surface area contributed by atoms with E-state index in [4.69, 9.17) is 14.6 Å². The molecule has 6 heteroatoms. The van der Waals surface area contributed by atoms with Crippen LogP contribution < -0.4 is 0 Å². The lowest BCUT2D eigenvalue weighted by Crippen LogP contribution is -2.42. The van der Waals surface area contributed by atoms with Crippen molar-refractivity contribution in [3.8, 4) is 0 Å². The first kappa shape index (κ1) is 10.8. The number of carbonyl (C=O) groups is 2. The van der Waals surface area contributed by atoms with E-state index in [-0.39, 0.29) is 5.76 Å². The number of ether oxygens (including phenoxy) is 2. The summed E-state index contributed by atoms with van der Waals surface area (Å²) < 4.78 is 10.1. The summed E-state index contributed by atoms with van der Waals surface area (Å²) in [4.78, 5) is 24.1. The van der Waals surface area contributed by atoms with Crippen LogP contribution >= 0.6 is 0 Å². The van der Waals surface area contributed by atoms with Crippen molar-refractivity contribution in [2.75, 3.05) is 19.8 Å². The number of amides is 1. The van der Waals surface area contributed by atoms with Crippen molar-refractivity contribution in [2.45, 2.75) is 18.9 Å². The molecule has 0 aromatic rings. The molecule has 2 aliphatic rings. The normalized spacial score (nSPS) is 24.4. The fourth-order valence-corrected chi connectivity index (χ4v) is 1.89. The van der Waals surface area contributed by atoms with Gasteiger partial charge in [-0.3, -0.25) is 4.79 Å². The summed E-state index contributed by atoms with van der Waals surface area (Å²) in [5, 5.41) is 8.95. The third-order valence-corrected chi connectivity index (χ3v) is 2.66. The van der Waals surface area contributed by atoms with Crippen LogP contribution in [0.15, 0.2) is 12.0 Å². The Bertz CT molecular complexity index is 338. The van der Waals surface area contributed by atoms with Gasteiger partial charge in [0.25, 0.3) is 5.91 Å². The molecular weight excluding hydrogens is 214 g/mol. The minimum absolute atomic E-state index is 0.0967. The first-order valence-electron chi connectivity index (χ1n) is 5.18. The molecule has 1 atom stereocenters. The van der Waals surface area contributed by atoms with Crippen LogP contribution in [-0.2, 0) is 19.1 Å². The van der Waals surface area contributed by atoms with Gasteiger partial charge in [-0.05, 0) is 12.8 Å². The number of rotatable bonds is 2. The molecular formula is C10H13NO5. The van der Waals surface area contributed by atoms with Gasteiger partial charge in [0, 0.05) is 6.54 Å². The highest BCUT2D eigenvalue weighted by Gasteiger charge is 2.36. The largest absolute Gasteiger partial charge is 0.494 e. The highest BCUT2D eigenvalue weighted by Crippen LogP contribution is 2.21. The number of carboxylic acids is 1. The molecule has 6 nitrogen and oxygen atoms in total. The number of hydrogen-bond donors (Lipinski definition) is 1. The van der Waals surface area contributed by atoms with Crippen LogP contribution in [0.25, 0.3) is 0 Å². The first-order valence-corrected chi connectivity index (χ1v) is 5.18. The minimum atomic E-state index is -0.969. The van der Waals surface area contributed by atoms with E-state index in [9.17, 15) is 9.59 Å². The van der Waals surface area contributed by atoms with Crippen LogP contribution in [-0.4, -0.2) is 47.7 Å². The fraction of sp³-hybridized carbons (Fsp3) is 0.600. The second kappa shape index (κ2) is 4.42. The van der Waals surface area contributed by atoms with E-state index in [2.05, 4.69) is 0 Å². The zero-order chi connectivity index (χ0) is 11.5. The average molecular weight is 227 g/mol. The average Bonchev–Trinajstić information content (AvgIpc) is 2.78. The van der Waals surface area contributed by atoms with Gasteiger partial charge in [-0.15, -0.1) is 0 Å². The lowest BCUT2D eigenvalue weighted by atomic mass is 10.2. The van der Waals surface area contributed by atoms with E-state index >= 15 is 0 Å². The summed E-state index contributed by atoms with van der Waals surface area (Å²) in [6, 6.07) is -0.737. The summed E-state index contributed by atoms with van der Waals surface area (Å²) in [5.74, 6) is -1.27. The van der Waals surface area contributed by atoms with Crippen LogP contribution in [0.1, 0.15) is 12.8 Å². The number of aliphatic carboxylic acids is 1. The summed E-state index contributed by atoms with van der Waals surface area (Å²) in [7, 11) is 0. The minimum Gasteiger partial charge on any atom is -0.494 e. The molecule has 0 bridgehead atoms. The standard InChI is InChI=1S/C10H13NO5/c12-9(8-6-15-4-5-16-8)11-3-1-2-7(11)10(13)14/h6-7H,1-5H2,(H,13,14)/t7-/m0/s1. The Morgan fingerprint density at radius 2 is 2.25 bits per heavy atom.